The number of hydrogen-bond donors (Lipinski definition) is 2. The van der Waals surface area contributed by atoms with Crippen LogP contribution in [0.2, 0.25) is 0 Å². The highest BCUT2D eigenvalue weighted by Crippen LogP contribution is 2.07. The number of amides is 1. The van der Waals surface area contributed by atoms with Crippen molar-refractivity contribution >= 4 is 11.6 Å². The van der Waals surface area contributed by atoms with E-state index in [2.05, 4.69) is 36.2 Å². The summed E-state index contributed by atoms with van der Waals surface area (Å²) in [6, 6.07) is 0.558. The molecule has 19 heavy (non-hydrogen) atoms. The van der Waals surface area contributed by atoms with Gasteiger partial charge in [0.05, 0.1) is 5.69 Å². The molecule has 0 saturated carbocycles. The third kappa shape index (κ3) is 4.90. The van der Waals surface area contributed by atoms with Crippen molar-refractivity contribution in [3.05, 3.63) is 11.9 Å². The van der Waals surface area contributed by atoms with Gasteiger partial charge in [0, 0.05) is 25.8 Å². The van der Waals surface area contributed by atoms with E-state index >= 15 is 0 Å². The molecule has 3 N–H and O–H groups in total. The summed E-state index contributed by atoms with van der Waals surface area (Å²) in [7, 11) is 3.85. The van der Waals surface area contributed by atoms with E-state index in [0.29, 0.717) is 24.0 Å². The molecule has 0 unspecified atom stereocenters. The Bertz CT molecular complexity index is 413. The molecule has 0 atom stereocenters. The number of anilines is 1. The van der Waals surface area contributed by atoms with Gasteiger partial charge in [0.15, 0.2) is 5.69 Å². The number of nitrogens with one attached hydrogen (secondary N) is 1. The van der Waals surface area contributed by atoms with Gasteiger partial charge in [-0.05, 0) is 40.3 Å². The second kappa shape index (κ2) is 7.13. The summed E-state index contributed by atoms with van der Waals surface area (Å²) in [4.78, 5) is 14.1. The van der Waals surface area contributed by atoms with Crippen LogP contribution in [-0.2, 0) is 7.05 Å². The largest absolute Gasteiger partial charge is 0.396 e. The third-order valence-electron chi connectivity index (χ3n) is 3.18. The number of nitrogen functional groups attached to an aromatic ring is 1. The molecule has 1 aromatic heterocycles. The number of aromatic nitrogens is 2. The summed E-state index contributed by atoms with van der Waals surface area (Å²) < 4.78 is 1.54. The van der Waals surface area contributed by atoms with Gasteiger partial charge < -0.3 is 16.0 Å². The maximum absolute atomic E-state index is 11.8. The molecule has 0 radical (unpaired) electrons. The van der Waals surface area contributed by atoms with Crippen molar-refractivity contribution in [3.8, 4) is 0 Å². The Balaban J connectivity index is 2.23. The molecular weight excluding hydrogens is 242 g/mol. The van der Waals surface area contributed by atoms with Crippen LogP contribution in [0.3, 0.4) is 0 Å². The molecule has 0 spiro atoms. The molecule has 1 rings (SSSR count). The van der Waals surface area contributed by atoms with E-state index in [4.69, 9.17) is 5.73 Å². The van der Waals surface area contributed by atoms with E-state index in [0.717, 1.165) is 19.4 Å². The summed E-state index contributed by atoms with van der Waals surface area (Å²) in [5, 5.41) is 6.87. The van der Waals surface area contributed by atoms with Crippen molar-refractivity contribution in [2.45, 2.75) is 32.7 Å². The van der Waals surface area contributed by atoms with E-state index in [-0.39, 0.29) is 5.91 Å². The first-order valence-corrected chi connectivity index (χ1v) is 6.69. The molecule has 108 valence electrons. The van der Waals surface area contributed by atoms with Gasteiger partial charge in [-0.1, -0.05) is 0 Å². The highest BCUT2D eigenvalue weighted by molar-refractivity contribution is 5.96. The first-order chi connectivity index (χ1) is 8.91. The predicted molar refractivity (Wildman–Crippen MR) is 77.0 cm³/mol. The zero-order valence-corrected chi connectivity index (χ0v) is 12.3. The van der Waals surface area contributed by atoms with Crippen molar-refractivity contribution in [1.29, 1.82) is 0 Å². The van der Waals surface area contributed by atoms with Gasteiger partial charge in [-0.15, -0.1) is 0 Å². The van der Waals surface area contributed by atoms with Crippen molar-refractivity contribution in [1.82, 2.24) is 20.0 Å². The molecule has 0 aliphatic heterocycles. The summed E-state index contributed by atoms with van der Waals surface area (Å²) in [5.74, 6) is -0.199. The van der Waals surface area contributed by atoms with Crippen LogP contribution in [0.1, 0.15) is 37.2 Å². The first-order valence-electron chi connectivity index (χ1n) is 6.69. The van der Waals surface area contributed by atoms with Gasteiger partial charge in [0.25, 0.3) is 5.91 Å². The lowest BCUT2D eigenvalue weighted by Gasteiger charge is -2.20. The number of aryl methyl sites for hydroxylation is 1. The van der Waals surface area contributed by atoms with Gasteiger partial charge in [-0.2, -0.15) is 5.10 Å². The van der Waals surface area contributed by atoms with Crippen LogP contribution in [0.25, 0.3) is 0 Å². The molecule has 0 aliphatic rings. The average Bonchev–Trinajstić information content (AvgIpc) is 2.67. The van der Waals surface area contributed by atoms with Crippen LogP contribution in [0.15, 0.2) is 6.20 Å². The average molecular weight is 267 g/mol. The molecule has 0 aliphatic carbocycles. The van der Waals surface area contributed by atoms with Gasteiger partial charge in [0.2, 0.25) is 0 Å². The fourth-order valence-corrected chi connectivity index (χ4v) is 1.71. The van der Waals surface area contributed by atoms with Crippen LogP contribution in [0.4, 0.5) is 5.69 Å². The number of carbonyl (C=O) groups is 1. The molecule has 6 nitrogen and oxygen atoms in total. The Kier molecular flexibility index (Phi) is 5.82. The maximum Gasteiger partial charge on any atom is 0.273 e. The summed E-state index contributed by atoms with van der Waals surface area (Å²) >= 11 is 0. The molecule has 0 fully saturated rings. The number of unbranched alkanes of at least 4 members (excludes halogenated alkanes) is 1. The normalized spacial score (nSPS) is 11.3. The van der Waals surface area contributed by atoms with Crippen LogP contribution < -0.4 is 11.1 Å². The van der Waals surface area contributed by atoms with Crippen molar-refractivity contribution in [2.24, 2.45) is 7.05 Å². The Hall–Kier alpha value is -1.56. The lowest BCUT2D eigenvalue weighted by molar-refractivity contribution is 0.0947. The molecule has 0 aromatic carbocycles. The molecule has 1 heterocycles. The Morgan fingerprint density at radius 2 is 2.21 bits per heavy atom. The van der Waals surface area contributed by atoms with E-state index in [1.165, 1.54) is 0 Å². The maximum atomic E-state index is 11.8. The minimum atomic E-state index is -0.199. The SMILES string of the molecule is CC(C)N(C)CCCCNC(=O)c1nn(C)cc1N. The minimum absolute atomic E-state index is 0.199. The Labute approximate surface area is 114 Å². The highest BCUT2D eigenvalue weighted by Gasteiger charge is 2.13. The van der Waals surface area contributed by atoms with E-state index < -0.39 is 0 Å². The van der Waals surface area contributed by atoms with Crippen LogP contribution in [0.5, 0.6) is 0 Å². The summed E-state index contributed by atoms with van der Waals surface area (Å²) in [5.41, 5.74) is 6.42. The van der Waals surface area contributed by atoms with Gasteiger partial charge in [0.1, 0.15) is 0 Å². The number of rotatable bonds is 7. The van der Waals surface area contributed by atoms with E-state index in [1.807, 2.05) is 0 Å². The molecule has 1 amide bonds. The van der Waals surface area contributed by atoms with Crippen molar-refractivity contribution < 1.29 is 4.79 Å². The second-order valence-electron chi connectivity index (χ2n) is 5.14. The van der Waals surface area contributed by atoms with Crippen molar-refractivity contribution in [3.63, 3.8) is 0 Å². The molecular formula is C13H25N5O. The number of nitrogens with zero attached hydrogens (tertiary/aromatic N) is 3. The molecule has 0 bridgehead atoms. The molecule has 6 heteroatoms. The summed E-state index contributed by atoms with van der Waals surface area (Å²) in [6.07, 6.45) is 3.65. The lowest BCUT2D eigenvalue weighted by Crippen LogP contribution is -2.29. The second-order valence-corrected chi connectivity index (χ2v) is 5.14. The van der Waals surface area contributed by atoms with E-state index in [9.17, 15) is 4.79 Å². The third-order valence-corrected chi connectivity index (χ3v) is 3.18. The smallest absolute Gasteiger partial charge is 0.273 e. The zero-order chi connectivity index (χ0) is 14.4. The quantitative estimate of drug-likeness (QED) is 0.718. The van der Waals surface area contributed by atoms with Crippen LogP contribution >= 0.6 is 0 Å². The standard InChI is InChI=1S/C13H25N5O/c1-10(2)17(3)8-6-5-7-15-13(19)12-11(14)9-18(4)16-12/h9-10H,5-8,14H2,1-4H3,(H,15,19). The minimum Gasteiger partial charge on any atom is -0.396 e. The number of nitrogens with two attached hydrogens (primary N) is 1. The fraction of sp³-hybridized carbons (Fsp3) is 0.692. The number of carbonyl (C=O) groups excluding carboxylic acids is 1. The summed E-state index contributed by atoms with van der Waals surface area (Å²) in [6.45, 7) is 6.04. The highest BCUT2D eigenvalue weighted by atomic mass is 16.1. The van der Waals surface area contributed by atoms with Gasteiger partial charge in [-0.3, -0.25) is 9.48 Å². The fourth-order valence-electron chi connectivity index (χ4n) is 1.71. The van der Waals surface area contributed by atoms with Gasteiger partial charge in [-0.25, -0.2) is 0 Å². The Morgan fingerprint density at radius 1 is 1.53 bits per heavy atom. The Morgan fingerprint density at radius 3 is 2.74 bits per heavy atom. The van der Waals surface area contributed by atoms with Gasteiger partial charge >= 0.3 is 0 Å². The number of hydrogen-bond acceptors (Lipinski definition) is 4. The first kappa shape index (κ1) is 15.5. The monoisotopic (exact) mass is 267 g/mol. The van der Waals surface area contributed by atoms with Crippen molar-refractivity contribution in [2.75, 3.05) is 25.9 Å². The van der Waals surface area contributed by atoms with Crippen LogP contribution in [0, 0.1) is 0 Å². The molecule has 1 aromatic rings. The topological polar surface area (TPSA) is 76.2 Å². The van der Waals surface area contributed by atoms with E-state index in [1.54, 1.807) is 17.9 Å². The molecule has 0 saturated heterocycles. The zero-order valence-electron chi connectivity index (χ0n) is 12.3. The lowest BCUT2D eigenvalue weighted by atomic mass is 10.2. The van der Waals surface area contributed by atoms with Crippen LogP contribution in [-0.4, -0.2) is 46.8 Å². The predicted octanol–water partition coefficient (Wildman–Crippen LogP) is 0.853.